The topological polar surface area (TPSA) is 29.9 Å². The second kappa shape index (κ2) is 4.35. The van der Waals surface area contributed by atoms with Gasteiger partial charge in [-0.1, -0.05) is 13.8 Å². The highest BCUT2D eigenvalue weighted by atomic mass is 15.2. The molecule has 0 amide bonds. The van der Waals surface area contributed by atoms with E-state index in [2.05, 4.69) is 30.5 Å². The molecule has 2 unspecified atom stereocenters. The molecule has 2 atom stereocenters. The van der Waals surface area contributed by atoms with Crippen LogP contribution in [-0.4, -0.2) is 22.4 Å². The standard InChI is InChI=1S/C12H21N3/c1-9(2)6-12-11(4-5-13-12)10-7-14-15(3)8-10/h7-9,11-13H,4-6H2,1-3H3. The van der Waals surface area contributed by atoms with Crippen molar-refractivity contribution >= 4 is 0 Å². The van der Waals surface area contributed by atoms with E-state index in [1.165, 1.54) is 18.4 Å². The highest BCUT2D eigenvalue weighted by Gasteiger charge is 2.29. The minimum Gasteiger partial charge on any atom is -0.313 e. The largest absolute Gasteiger partial charge is 0.313 e. The lowest BCUT2D eigenvalue weighted by molar-refractivity contribution is 0.434. The second-order valence-corrected chi connectivity index (χ2v) is 5.03. The van der Waals surface area contributed by atoms with E-state index in [1.54, 1.807) is 0 Å². The number of nitrogens with one attached hydrogen (secondary N) is 1. The molecule has 0 aromatic carbocycles. The van der Waals surface area contributed by atoms with Gasteiger partial charge >= 0.3 is 0 Å². The van der Waals surface area contributed by atoms with E-state index < -0.39 is 0 Å². The molecule has 1 saturated heterocycles. The number of hydrogen-bond acceptors (Lipinski definition) is 2. The smallest absolute Gasteiger partial charge is 0.0525 e. The molecular formula is C12H21N3. The van der Waals surface area contributed by atoms with Gasteiger partial charge in [-0.2, -0.15) is 5.10 Å². The summed E-state index contributed by atoms with van der Waals surface area (Å²) in [6.45, 7) is 5.73. The lowest BCUT2D eigenvalue weighted by Crippen LogP contribution is -2.27. The van der Waals surface area contributed by atoms with Crippen molar-refractivity contribution < 1.29 is 0 Å². The third-order valence-electron chi connectivity index (χ3n) is 3.23. The highest BCUT2D eigenvalue weighted by molar-refractivity contribution is 5.16. The van der Waals surface area contributed by atoms with Gasteiger partial charge in [0.25, 0.3) is 0 Å². The van der Waals surface area contributed by atoms with Crippen LogP contribution >= 0.6 is 0 Å². The van der Waals surface area contributed by atoms with Crippen LogP contribution in [0, 0.1) is 5.92 Å². The van der Waals surface area contributed by atoms with Crippen molar-refractivity contribution in [1.82, 2.24) is 15.1 Å². The zero-order chi connectivity index (χ0) is 10.8. The van der Waals surface area contributed by atoms with E-state index in [0.717, 1.165) is 12.5 Å². The first-order valence-electron chi connectivity index (χ1n) is 5.88. The van der Waals surface area contributed by atoms with Crippen molar-refractivity contribution in [2.45, 2.75) is 38.6 Å². The molecule has 1 aliphatic rings. The Morgan fingerprint density at radius 3 is 3.00 bits per heavy atom. The predicted molar refractivity (Wildman–Crippen MR) is 61.8 cm³/mol. The Balaban J connectivity index is 2.07. The minimum absolute atomic E-state index is 0.647. The van der Waals surface area contributed by atoms with E-state index in [4.69, 9.17) is 0 Å². The van der Waals surface area contributed by atoms with E-state index in [1.807, 2.05) is 17.9 Å². The average Bonchev–Trinajstić information content (AvgIpc) is 2.72. The molecule has 84 valence electrons. The van der Waals surface area contributed by atoms with Crippen LogP contribution in [0.15, 0.2) is 12.4 Å². The quantitative estimate of drug-likeness (QED) is 0.820. The van der Waals surface area contributed by atoms with Gasteiger partial charge in [0.15, 0.2) is 0 Å². The summed E-state index contributed by atoms with van der Waals surface area (Å²) in [7, 11) is 1.99. The molecule has 0 radical (unpaired) electrons. The summed E-state index contributed by atoms with van der Waals surface area (Å²) < 4.78 is 1.90. The summed E-state index contributed by atoms with van der Waals surface area (Å²) in [5.74, 6) is 1.43. The van der Waals surface area contributed by atoms with E-state index in [0.29, 0.717) is 12.0 Å². The summed E-state index contributed by atoms with van der Waals surface area (Å²) in [4.78, 5) is 0. The lowest BCUT2D eigenvalue weighted by atomic mass is 9.89. The van der Waals surface area contributed by atoms with Gasteiger partial charge in [-0.25, -0.2) is 0 Å². The van der Waals surface area contributed by atoms with Gasteiger partial charge in [0, 0.05) is 25.2 Å². The first-order chi connectivity index (χ1) is 7.16. The Morgan fingerprint density at radius 1 is 1.60 bits per heavy atom. The van der Waals surface area contributed by atoms with Gasteiger partial charge in [-0.3, -0.25) is 4.68 Å². The van der Waals surface area contributed by atoms with Crippen molar-refractivity contribution in [1.29, 1.82) is 0 Å². The van der Waals surface area contributed by atoms with Crippen LogP contribution in [0.2, 0.25) is 0 Å². The van der Waals surface area contributed by atoms with E-state index >= 15 is 0 Å². The van der Waals surface area contributed by atoms with Crippen molar-refractivity contribution in [2.75, 3.05) is 6.54 Å². The molecule has 0 spiro atoms. The van der Waals surface area contributed by atoms with Crippen LogP contribution in [-0.2, 0) is 7.05 Å². The molecule has 1 aromatic heterocycles. The number of rotatable bonds is 3. The van der Waals surface area contributed by atoms with Crippen molar-refractivity contribution in [3.8, 4) is 0 Å². The van der Waals surface area contributed by atoms with Gasteiger partial charge in [0.05, 0.1) is 6.20 Å². The van der Waals surface area contributed by atoms with Gasteiger partial charge in [0.1, 0.15) is 0 Å². The molecule has 0 saturated carbocycles. The van der Waals surface area contributed by atoms with Crippen LogP contribution in [0.5, 0.6) is 0 Å². The average molecular weight is 207 g/mol. The van der Waals surface area contributed by atoms with Crippen LogP contribution < -0.4 is 5.32 Å². The lowest BCUT2D eigenvalue weighted by Gasteiger charge is -2.20. The molecule has 1 fully saturated rings. The maximum Gasteiger partial charge on any atom is 0.0525 e. The molecule has 2 heterocycles. The maximum absolute atomic E-state index is 4.26. The zero-order valence-corrected chi connectivity index (χ0v) is 9.90. The molecule has 1 aromatic rings. The summed E-state index contributed by atoms with van der Waals surface area (Å²) in [6.07, 6.45) is 6.69. The molecule has 0 bridgehead atoms. The third kappa shape index (κ3) is 2.40. The third-order valence-corrected chi connectivity index (χ3v) is 3.23. The Kier molecular flexibility index (Phi) is 3.10. The Bertz CT molecular complexity index is 316. The summed E-state index contributed by atoms with van der Waals surface area (Å²) in [5.41, 5.74) is 1.40. The van der Waals surface area contributed by atoms with Crippen LogP contribution in [0.3, 0.4) is 0 Å². The van der Waals surface area contributed by atoms with Crippen molar-refractivity contribution in [3.05, 3.63) is 18.0 Å². The fourth-order valence-corrected chi connectivity index (χ4v) is 2.55. The number of aryl methyl sites for hydroxylation is 1. The second-order valence-electron chi connectivity index (χ2n) is 5.03. The Labute approximate surface area is 91.9 Å². The molecule has 1 aliphatic heterocycles. The first-order valence-corrected chi connectivity index (χ1v) is 5.88. The summed E-state index contributed by atoms with van der Waals surface area (Å²) >= 11 is 0. The Hall–Kier alpha value is -0.830. The van der Waals surface area contributed by atoms with Gasteiger partial charge in [-0.05, 0) is 30.9 Å². The first kappa shape index (κ1) is 10.7. The van der Waals surface area contributed by atoms with Crippen molar-refractivity contribution in [3.63, 3.8) is 0 Å². The fraction of sp³-hybridized carbons (Fsp3) is 0.750. The molecular weight excluding hydrogens is 186 g/mol. The molecule has 15 heavy (non-hydrogen) atoms. The zero-order valence-electron chi connectivity index (χ0n) is 9.90. The highest BCUT2D eigenvalue weighted by Crippen LogP contribution is 2.30. The molecule has 3 nitrogen and oxygen atoms in total. The van der Waals surface area contributed by atoms with E-state index in [-0.39, 0.29) is 0 Å². The Morgan fingerprint density at radius 2 is 2.40 bits per heavy atom. The normalized spacial score (nSPS) is 26.4. The van der Waals surface area contributed by atoms with Gasteiger partial charge in [-0.15, -0.1) is 0 Å². The van der Waals surface area contributed by atoms with Crippen LogP contribution in [0.1, 0.15) is 38.2 Å². The number of hydrogen-bond donors (Lipinski definition) is 1. The van der Waals surface area contributed by atoms with Crippen molar-refractivity contribution in [2.24, 2.45) is 13.0 Å². The summed E-state index contributed by atoms with van der Waals surface area (Å²) in [6, 6.07) is 0.647. The van der Waals surface area contributed by atoms with Gasteiger partial charge in [0.2, 0.25) is 0 Å². The van der Waals surface area contributed by atoms with E-state index in [9.17, 15) is 0 Å². The maximum atomic E-state index is 4.26. The van der Waals surface area contributed by atoms with Crippen LogP contribution in [0.25, 0.3) is 0 Å². The van der Waals surface area contributed by atoms with Crippen LogP contribution in [0.4, 0.5) is 0 Å². The summed E-state index contributed by atoms with van der Waals surface area (Å²) in [5, 5.41) is 7.87. The fourth-order valence-electron chi connectivity index (χ4n) is 2.55. The monoisotopic (exact) mass is 207 g/mol. The predicted octanol–water partition coefficient (Wildman–Crippen LogP) is 1.91. The number of nitrogens with zero attached hydrogens (tertiary/aromatic N) is 2. The minimum atomic E-state index is 0.647. The molecule has 0 aliphatic carbocycles. The number of aromatic nitrogens is 2. The molecule has 2 rings (SSSR count). The molecule has 1 N–H and O–H groups in total. The SMILES string of the molecule is CC(C)CC1NCCC1c1cnn(C)c1. The molecule has 3 heteroatoms. The van der Waals surface area contributed by atoms with Gasteiger partial charge < -0.3 is 5.32 Å².